The molecule has 3 heterocycles. The van der Waals surface area contributed by atoms with Gasteiger partial charge in [-0.1, -0.05) is 0 Å². The number of hydrogen-bond donors (Lipinski definition) is 2. The molecule has 27 heavy (non-hydrogen) atoms. The number of nitrogens with zero attached hydrogens (tertiary/aromatic N) is 3. The SMILES string of the molecule is Cn1cc(C(=O)NC2CCOC3(CCN(CC4CC4)CC3)C2)cn1.O=CO. The number of nitrogens with one attached hydrogen (secondary N) is 1. The topological polar surface area (TPSA) is 96.7 Å². The summed E-state index contributed by atoms with van der Waals surface area (Å²) in [7, 11) is 1.83. The predicted molar refractivity (Wildman–Crippen MR) is 99.5 cm³/mol. The Bertz CT molecular complexity index is 635. The molecular formula is C19H30N4O4. The highest BCUT2D eigenvalue weighted by atomic mass is 16.5. The van der Waals surface area contributed by atoms with Gasteiger partial charge in [-0.2, -0.15) is 5.10 Å². The lowest BCUT2D eigenvalue weighted by molar-refractivity contribution is -0.122. The van der Waals surface area contributed by atoms with Crippen molar-refractivity contribution in [3.63, 3.8) is 0 Å². The summed E-state index contributed by atoms with van der Waals surface area (Å²) in [5, 5.41) is 14.2. The van der Waals surface area contributed by atoms with Crippen molar-refractivity contribution in [3.05, 3.63) is 18.0 Å². The number of piperidine rings is 1. The highest BCUT2D eigenvalue weighted by Gasteiger charge is 2.41. The summed E-state index contributed by atoms with van der Waals surface area (Å²) in [5.74, 6) is 0.939. The second kappa shape index (κ2) is 8.84. The number of rotatable bonds is 4. The molecule has 1 saturated carbocycles. The Labute approximate surface area is 159 Å². The molecule has 2 aliphatic heterocycles. The molecule has 0 radical (unpaired) electrons. The Kier molecular flexibility index (Phi) is 6.49. The maximum Gasteiger partial charge on any atom is 0.290 e. The minimum atomic E-state index is -0.250. The molecule has 2 N–H and O–H groups in total. The van der Waals surface area contributed by atoms with E-state index in [4.69, 9.17) is 14.6 Å². The van der Waals surface area contributed by atoms with Crippen molar-refractivity contribution >= 4 is 12.4 Å². The lowest BCUT2D eigenvalue weighted by Crippen LogP contribution is -2.53. The second-order valence-corrected chi connectivity index (χ2v) is 7.95. The van der Waals surface area contributed by atoms with E-state index in [-0.39, 0.29) is 24.0 Å². The normalized spacial score (nSPS) is 24.7. The van der Waals surface area contributed by atoms with Crippen LogP contribution in [-0.2, 0) is 16.6 Å². The van der Waals surface area contributed by atoms with E-state index < -0.39 is 0 Å². The lowest BCUT2D eigenvalue weighted by atomic mass is 9.82. The summed E-state index contributed by atoms with van der Waals surface area (Å²) in [6.45, 7) is 4.05. The fourth-order valence-electron chi connectivity index (χ4n) is 4.12. The van der Waals surface area contributed by atoms with Gasteiger partial charge in [0.1, 0.15) is 0 Å². The van der Waals surface area contributed by atoms with Crippen molar-refractivity contribution in [1.29, 1.82) is 0 Å². The number of aryl methyl sites for hydroxylation is 1. The Morgan fingerprint density at radius 1 is 1.41 bits per heavy atom. The standard InChI is InChI=1S/C18H28N4O2.CH2O2/c1-21-13-15(11-19-21)17(23)20-16-4-9-24-18(10-16)5-7-22(8-6-18)12-14-2-3-14;2-1-3/h11,13-14,16H,2-10,12H2,1H3,(H,20,23);1H,(H,2,3). The summed E-state index contributed by atoms with van der Waals surface area (Å²) in [6.07, 6.45) is 10.3. The molecule has 1 amide bonds. The van der Waals surface area contributed by atoms with Crippen molar-refractivity contribution in [2.24, 2.45) is 13.0 Å². The van der Waals surface area contributed by atoms with Crippen LogP contribution in [0.3, 0.4) is 0 Å². The highest BCUT2D eigenvalue weighted by molar-refractivity contribution is 5.93. The van der Waals surface area contributed by atoms with Crippen molar-refractivity contribution in [2.75, 3.05) is 26.2 Å². The van der Waals surface area contributed by atoms with Crippen LogP contribution in [0.25, 0.3) is 0 Å². The molecule has 0 aromatic carbocycles. The third kappa shape index (κ3) is 5.52. The zero-order valence-corrected chi connectivity index (χ0v) is 16.0. The van der Waals surface area contributed by atoms with Gasteiger partial charge >= 0.3 is 0 Å². The molecule has 0 bridgehead atoms. The lowest BCUT2D eigenvalue weighted by Gasteiger charge is -2.46. The molecule has 3 fully saturated rings. The number of carbonyl (C=O) groups excluding carboxylic acids is 1. The van der Waals surface area contributed by atoms with Crippen molar-refractivity contribution in [2.45, 2.75) is 50.2 Å². The van der Waals surface area contributed by atoms with E-state index in [0.717, 1.165) is 51.3 Å². The summed E-state index contributed by atoms with van der Waals surface area (Å²) < 4.78 is 7.87. The molecule has 8 heteroatoms. The van der Waals surface area contributed by atoms with Crippen LogP contribution >= 0.6 is 0 Å². The molecule has 8 nitrogen and oxygen atoms in total. The largest absolute Gasteiger partial charge is 0.483 e. The summed E-state index contributed by atoms with van der Waals surface area (Å²) >= 11 is 0. The molecular weight excluding hydrogens is 348 g/mol. The first kappa shape index (κ1) is 19.8. The summed E-state index contributed by atoms with van der Waals surface area (Å²) in [4.78, 5) is 23.3. The fraction of sp³-hybridized carbons (Fsp3) is 0.737. The third-order valence-corrected chi connectivity index (χ3v) is 5.78. The average molecular weight is 378 g/mol. The first-order valence-electron chi connectivity index (χ1n) is 9.77. The maximum absolute atomic E-state index is 12.4. The van der Waals surface area contributed by atoms with Crippen LogP contribution in [0.15, 0.2) is 12.4 Å². The first-order chi connectivity index (χ1) is 13.0. The van der Waals surface area contributed by atoms with E-state index in [1.807, 2.05) is 7.05 Å². The van der Waals surface area contributed by atoms with Gasteiger partial charge in [-0.05, 0) is 44.4 Å². The minimum absolute atomic E-state index is 0.0173. The van der Waals surface area contributed by atoms with Gasteiger partial charge in [0.25, 0.3) is 12.4 Å². The van der Waals surface area contributed by atoms with Crippen LogP contribution in [0, 0.1) is 5.92 Å². The zero-order chi connectivity index (χ0) is 19.3. The number of carboxylic acid groups (broad SMARTS) is 1. The third-order valence-electron chi connectivity index (χ3n) is 5.78. The Morgan fingerprint density at radius 2 is 2.11 bits per heavy atom. The first-order valence-corrected chi connectivity index (χ1v) is 9.77. The van der Waals surface area contributed by atoms with E-state index in [1.165, 1.54) is 19.4 Å². The number of aromatic nitrogens is 2. The van der Waals surface area contributed by atoms with E-state index in [1.54, 1.807) is 17.1 Å². The van der Waals surface area contributed by atoms with Crippen LogP contribution in [0.4, 0.5) is 0 Å². The predicted octanol–water partition coefficient (Wildman–Crippen LogP) is 1.27. The number of amides is 1. The maximum atomic E-state index is 12.4. The van der Waals surface area contributed by atoms with E-state index >= 15 is 0 Å². The quantitative estimate of drug-likeness (QED) is 0.766. The highest BCUT2D eigenvalue weighted by Crippen LogP contribution is 2.37. The molecule has 1 aromatic heterocycles. The fourth-order valence-corrected chi connectivity index (χ4v) is 4.12. The Morgan fingerprint density at radius 3 is 2.70 bits per heavy atom. The van der Waals surface area contributed by atoms with Gasteiger partial charge in [-0.15, -0.1) is 0 Å². The van der Waals surface area contributed by atoms with Gasteiger partial charge in [0.2, 0.25) is 0 Å². The molecule has 1 spiro atoms. The smallest absolute Gasteiger partial charge is 0.290 e. The van der Waals surface area contributed by atoms with Gasteiger partial charge in [0, 0.05) is 45.5 Å². The van der Waals surface area contributed by atoms with E-state index in [9.17, 15) is 4.79 Å². The van der Waals surface area contributed by atoms with Gasteiger partial charge in [-0.3, -0.25) is 14.3 Å². The molecule has 1 unspecified atom stereocenters. The van der Waals surface area contributed by atoms with E-state index in [0.29, 0.717) is 5.56 Å². The van der Waals surface area contributed by atoms with Crippen LogP contribution in [0.2, 0.25) is 0 Å². The van der Waals surface area contributed by atoms with Gasteiger partial charge < -0.3 is 20.1 Å². The van der Waals surface area contributed by atoms with Gasteiger partial charge in [0.15, 0.2) is 0 Å². The van der Waals surface area contributed by atoms with Crippen LogP contribution in [-0.4, -0.2) is 70.1 Å². The zero-order valence-electron chi connectivity index (χ0n) is 16.0. The molecule has 2 saturated heterocycles. The number of ether oxygens (including phenoxy) is 1. The molecule has 3 aliphatic rings. The van der Waals surface area contributed by atoms with E-state index in [2.05, 4.69) is 15.3 Å². The summed E-state index contributed by atoms with van der Waals surface area (Å²) in [6, 6.07) is 0.210. The molecule has 1 aromatic rings. The van der Waals surface area contributed by atoms with Crippen LogP contribution in [0.5, 0.6) is 0 Å². The van der Waals surface area contributed by atoms with Crippen molar-refractivity contribution in [3.8, 4) is 0 Å². The monoisotopic (exact) mass is 378 g/mol. The number of likely N-dealkylation sites (tertiary alicyclic amines) is 1. The van der Waals surface area contributed by atoms with Crippen molar-refractivity contribution < 1.29 is 19.4 Å². The van der Waals surface area contributed by atoms with Crippen LogP contribution in [0.1, 0.15) is 48.9 Å². The average Bonchev–Trinajstić information content (AvgIpc) is 3.35. The molecule has 1 atom stereocenters. The minimum Gasteiger partial charge on any atom is -0.483 e. The molecule has 1 aliphatic carbocycles. The second-order valence-electron chi connectivity index (χ2n) is 7.95. The van der Waals surface area contributed by atoms with Crippen LogP contribution < -0.4 is 5.32 Å². The Hall–Kier alpha value is -1.93. The Balaban J connectivity index is 0.000000659. The number of carbonyl (C=O) groups is 2. The number of hydrogen-bond acceptors (Lipinski definition) is 5. The van der Waals surface area contributed by atoms with Crippen molar-refractivity contribution in [1.82, 2.24) is 20.0 Å². The molecule has 4 rings (SSSR count). The van der Waals surface area contributed by atoms with Gasteiger partial charge in [-0.25, -0.2) is 0 Å². The molecule has 150 valence electrons. The summed E-state index contributed by atoms with van der Waals surface area (Å²) in [5.41, 5.74) is 0.614. The van der Waals surface area contributed by atoms with Gasteiger partial charge in [0.05, 0.1) is 17.4 Å².